The number of nitrogens with zero attached hydrogens (tertiary/aromatic N) is 2. The van der Waals surface area contributed by atoms with Gasteiger partial charge in [-0.2, -0.15) is 0 Å². The zero-order valence-electron chi connectivity index (χ0n) is 17.8. The highest BCUT2D eigenvalue weighted by atomic mass is 35.5. The number of thiophene rings is 2. The monoisotopic (exact) mass is 488 g/mol. The van der Waals surface area contributed by atoms with Gasteiger partial charge in [-0.15, -0.1) is 22.7 Å². The summed E-state index contributed by atoms with van der Waals surface area (Å²) in [5.41, 5.74) is 1.13. The van der Waals surface area contributed by atoms with Gasteiger partial charge in [0.2, 0.25) is 5.91 Å². The fraction of sp³-hybridized carbons (Fsp3) is 0.333. The predicted molar refractivity (Wildman–Crippen MR) is 130 cm³/mol. The summed E-state index contributed by atoms with van der Waals surface area (Å²) in [6, 6.07) is 12.8. The van der Waals surface area contributed by atoms with Crippen LogP contribution in [0.25, 0.3) is 0 Å². The predicted octanol–water partition coefficient (Wildman–Crippen LogP) is 5.52. The molecule has 3 heterocycles. The Kier molecular flexibility index (Phi) is 7.50. The fourth-order valence-electron chi connectivity index (χ4n) is 3.91. The molecule has 4 rings (SSSR count). The van der Waals surface area contributed by atoms with E-state index >= 15 is 0 Å². The SMILES string of the molecule is CCCN(CC(=O)N1CCc2sccc2[C@@H]1COc1ccc(Cl)cc1)C(=O)c1cccs1. The van der Waals surface area contributed by atoms with Crippen LogP contribution in [-0.2, 0) is 11.2 Å². The molecule has 1 aliphatic rings. The summed E-state index contributed by atoms with van der Waals surface area (Å²) in [6.45, 7) is 3.60. The molecule has 1 atom stereocenters. The Balaban J connectivity index is 1.50. The van der Waals surface area contributed by atoms with Crippen LogP contribution in [0.2, 0.25) is 5.02 Å². The van der Waals surface area contributed by atoms with Gasteiger partial charge in [0.05, 0.1) is 10.9 Å². The molecule has 5 nitrogen and oxygen atoms in total. The summed E-state index contributed by atoms with van der Waals surface area (Å²) in [7, 11) is 0. The van der Waals surface area contributed by atoms with Crippen LogP contribution < -0.4 is 4.74 Å². The number of amides is 2. The van der Waals surface area contributed by atoms with Crippen LogP contribution in [0.1, 0.15) is 39.5 Å². The van der Waals surface area contributed by atoms with Crippen molar-refractivity contribution in [3.63, 3.8) is 0 Å². The van der Waals surface area contributed by atoms with E-state index in [1.165, 1.54) is 16.2 Å². The van der Waals surface area contributed by atoms with Crippen molar-refractivity contribution >= 4 is 46.1 Å². The first-order valence-corrected chi connectivity index (χ1v) is 12.8. The van der Waals surface area contributed by atoms with Gasteiger partial charge in [0.25, 0.3) is 5.91 Å². The van der Waals surface area contributed by atoms with Gasteiger partial charge in [0.1, 0.15) is 18.9 Å². The fourth-order valence-corrected chi connectivity index (χ4v) is 5.66. The third-order valence-electron chi connectivity index (χ3n) is 5.48. The van der Waals surface area contributed by atoms with E-state index in [2.05, 4.69) is 11.4 Å². The summed E-state index contributed by atoms with van der Waals surface area (Å²) < 4.78 is 6.04. The minimum absolute atomic E-state index is 0.0510. The standard InChI is InChI=1S/C24H25ClN2O3S2/c1-2-11-26(24(29)22-4-3-13-31-22)15-23(28)27-12-9-21-19(10-14-32-21)20(27)16-30-18-7-5-17(25)6-8-18/h3-8,10,13-14,20H,2,9,11-12,15-16H2,1H3/t20-/m0/s1. The Morgan fingerprint density at radius 2 is 1.97 bits per heavy atom. The number of hydrogen-bond donors (Lipinski definition) is 0. The van der Waals surface area contributed by atoms with Gasteiger partial charge >= 0.3 is 0 Å². The Labute approximate surface area is 201 Å². The summed E-state index contributed by atoms with van der Waals surface area (Å²) >= 11 is 9.10. The van der Waals surface area contributed by atoms with Crippen LogP contribution in [0.15, 0.2) is 53.2 Å². The van der Waals surface area contributed by atoms with E-state index in [4.69, 9.17) is 16.3 Å². The zero-order valence-corrected chi connectivity index (χ0v) is 20.2. The summed E-state index contributed by atoms with van der Waals surface area (Å²) in [4.78, 5) is 31.8. The summed E-state index contributed by atoms with van der Waals surface area (Å²) in [6.07, 6.45) is 1.62. The van der Waals surface area contributed by atoms with Crippen molar-refractivity contribution in [3.05, 3.63) is 73.6 Å². The van der Waals surface area contributed by atoms with Crippen molar-refractivity contribution in [3.8, 4) is 5.75 Å². The molecular weight excluding hydrogens is 464 g/mol. The first-order valence-electron chi connectivity index (χ1n) is 10.6. The molecule has 3 aromatic rings. The van der Waals surface area contributed by atoms with Gasteiger partial charge in [-0.25, -0.2) is 0 Å². The molecule has 0 fully saturated rings. The first-order chi connectivity index (χ1) is 15.6. The molecule has 0 aliphatic carbocycles. The second kappa shape index (κ2) is 10.5. The topological polar surface area (TPSA) is 49.9 Å². The third kappa shape index (κ3) is 5.17. The van der Waals surface area contributed by atoms with Gasteiger partial charge in [-0.3, -0.25) is 9.59 Å². The van der Waals surface area contributed by atoms with Gasteiger partial charge in [0.15, 0.2) is 0 Å². The molecule has 0 N–H and O–H groups in total. The highest BCUT2D eigenvalue weighted by Crippen LogP contribution is 2.34. The molecule has 0 spiro atoms. The van der Waals surface area contributed by atoms with E-state index in [9.17, 15) is 9.59 Å². The van der Waals surface area contributed by atoms with Crippen molar-refractivity contribution in [1.82, 2.24) is 9.80 Å². The van der Waals surface area contributed by atoms with Gasteiger partial charge in [0, 0.05) is 23.0 Å². The number of ether oxygens (including phenoxy) is 1. The van der Waals surface area contributed by atoms with Crippen molar-refractivity contribution in [2.75, 3.05) is 26.2 Å². The molecule has 2 aromatic heterocycles. The van der Waals surface area contributed by atoms with E-state index in [0.717, 1.165) is 18.4 Å². The Hall–Kier alpha value is -2.35. The maximum Gasteiger partial charge on any atom is 0.264 e. The summed E-state index contributed by atoms with van der Waals surface area (Å²) in [5.74, 6) is 0.576. The average Bonchev–Trinajstić information content (AvgIpc) is 3.50. The van der Waals surface area contributed by atoms with Crippen molar-refractivity contribution < 1.29 is 14.3 Å². The second-order valence-electron chi connectivity index (χ2n) is 7.62. The molecule has 168 valence electrons. The number of halogens is 1. The number of rotatable bonds is 8. The molecule has 1 aliphatic heterocycles. The van der Waals surface area contributed by atoms with E-state index in [-0.39, 0.29) is 24.4 Å². The molecule has 32 heavy (non-hydrogen) atoms. The molecule has 1 aromatic carbocycles. The maximum absolute atomic E-state index is 13.4. The molecule has 0 bridgehead atoms. The summed E-state index contributed by atoms with van der Waals surface area (Å²) in [5, 5.41) is 4.60. The molecule has 0 saturated carbocycles. The highest BCUT2D eigenvalue weighted by molar-refractivity contribution is 7.12. The number of hydrogen-bond acceptors (Lipinski definition) is 5. The van der Waals surface area contributed by atoms with Crippen molar-refractivity contribution in [1.29, 1.82) is 0 Å². The lowest BCUT2D eigenvalue weighted by atomic mass is 10.0. The smallest absolute Gasteiger partial charge is 0.264 e. The number of carbonyl (C=O) groups excluding carboxylic acids is 2. The number of carbonyl (C=O) groups is 2. The Morgan fingerprint density at radius 1 is 1.16 bits per heavy atom. The second-order valence-corrected chi connectivity index (χ2v) is 10.0. The van der Waals surface area contributed by atoms with Crippen LogP contribution in [0.5, 0.6) is 5.75 Å². The average molecular weight is 489 g/mol. The quantitative estimate of drug-likeness (QED) is 0.419. The first kappa shape index (κ1) is 22.8. The molecule has 8 heteroatoms. The lowest BCUT2D eigenvalue weighted by Gasteiger charge is -2.37. The number of benzene rings is 1. The molecule has 2 amide bonds. The van der Waals surface area contributed by atoms with E-state index in [1.807, 2.05) is 35.4 Å². The van der Waals surface area contributed by atoms with Crippen molar-refractivity contribution in [2.45, 2.75) is 25.8 Å². The highest BCUT2D eigenvalue weighted by Gasteiger charge is 2.33. The zero-order chi connectivity index (χ0) is 22.5. The normalized spacial score (nSPS) is 15.3. The maximum atomic E-state index is 13.4. The van der Waals surface area contributed by atoms with Crippen LogP contribution in [0.4, 0.5) is 0 Å². The molecule has 0 saturated heterocycles. The van der Waals surface area contributed by atoms with Crippen LogP contribution in [0.3, 0.4) is 0 Å². The van der Waals surface area contributed by atoms with Gasteiger partial charge in [-0.05, 0) is 65.6 Å². The lowest BCUT2D eigenvalue weighted by molar-refractivity contribution is -0.135. The molecule has 0 radical (unpaired) electrons. The van der Waals surface area contributed by atoms with Crippen LogP contribution >= 0.6 is 34.3 Å². The van der Waals surface area contributed by atoms with Crippen molar-refractivity contribution in [2.24, 2.45) is 0 Å². The van der Waals surface area contributed by atoms with E-state index in [1.54, 1.807) is 34.4 Å². The van der Waals surface area contributed by atoms with Gasteiger partial charge in [-0.1, -0.05) is 24.6 Å². The minimum atomic E-state index is -0.187. The Bertz CT molecular complexity index is 1050. The molecule has 0 unspecified atom stereocenters. The van der Waals surface area contributed by atoms with E-state index < -0.39 is 0 Å². The largest absolute Gasteiger partial charge is 0.491 e. The van der Waals surface area contributed by atoms with E-state index in [0.29, 0.717) is 35.3 Å². The van der Waals surface area contributed by atoms with Crippen LogP contribution in [0, 0.1) is 0 Å². The third-order valence-corrected chi connectivity index (χ3v) is 7.58. The Morgan fingerprint density at radius 3 is 2.69 bits per heavy atom. The lowest BCUT2D eigenvalue weighted by Crippen LogP contribution is -2.47. The number of fused-ring (bicyclic) bond motifs is 1. The molecular formula is C24H25ClN2O3S2. The van der Waals surface area contributed by atoms with Gasteiger partial charge < -0.3 is 14.5 Å². The van der Waals surface area contributed by atoms with Crippen LogP contribution in [-0.4, -0.2) is 47.9 Å². The minimum Gasteiger partial charge on any atom is -0.491 e.